The Morgan fingerprint density at radius 1 is 1.18 bits per heavy atom. The number of carboxylic acid groups (broad SMARTS) is 1. The van der Waals surface area contributed by atoms with Crippen LogP contribution in [0.4, 0.5) is 5.69 Å². The Morgan fingerprint density at radius 3 is 2.32 bits per heavy atom. The van der Waals surface area contributed by atoms with Crippen LogP contribution >= 0.6 is 0 Å². The van der Waals surface area contributed by atoms with Crippen LogP contribution in [0.1, 0.15) is 33.3 Å². The zero-order valence-corrected chi connectivity index (χ0v) is 13.3. The average Bonchev–Trinajstić information content (AvgIpc) is 2.39. The van der Waals surface area contributed by atoms with E-state index in [0.717, 1.165) is 0 Å². The predicted octanol–water partition coefficient (Wildman–Crippen LogP) is 1.80. The van der Waals surface area contributed by atoms with Crippen molar-refractivity contribution in [3.63, 3.8) is 0 Å². The highest BCUT2D eigenvalue weighted by Gasteiger charge is 2.25. The number of anilines is 1. The topological polar surface area (TPSA) is 95.5 Å². The third kappa shape index (κ3) is 5.20. The third-order valence-corrected chi connectivity index (χ3v) is 3.04. The molecule has 0 aliphatic carbocycles. The quantitative estimate of drug-likeness (QED) is 0.773. The van der Waals surface area contributed by atoms with E-state index in [2.05, 4.69) is 10.6 Å². The highest BCUT2D eigenvalue weighted by Crippen LogP contribution is 2.17. The smallest absolute Gasteiger partial charge is 0.307 e. The second-order valence-electron chi connectivity index (χ2n) is 6.16. The first-order chi connectivity index (χ1) is 10.1. The normalized spacial score (nSPS) is 12.4. The Kier molecular flexibility index (Phi) is 5.68. The van der Waals surface area contributed by atoms with Crippen molar-refractivity contribution in [3.05, 3.63) is 29.8 Å². The van der Waals surface area contributed by atoms with Gasteiger partial charge in [-0.15, -0.1) is 0 Å². The number of carboxylic acids is 1. The van der Waals surface area contributed by atoms with Crippen LogP contribution in [0.3, 0.4) is 0 Å². The van der Waals surface area contributed by atoms with Gasteiger partial charge in [0.1, 0.15) is 6.04 Å². The number of carbonyl (C=O) groups excluding carboxylic acids is 2. The Hall–Kier alpha value is -2.37. The predicted molar refractivity (Wildman–Crippen MR) is 83.5 cm³/mol. The van der Waals surface area contributed by atoms with Crippen molar-refractivity contribution in [1.29, 1.82) is 0 Å². The van der Waals surface area contributed by atoms with Crippen molar-refractivity contribution < 1.29 is 19.5 Å². The molecule has 120 valence electrons. The Labute approximate surface area is 129 Å². The van der Waals surface area contributed by atoms with Crippen LogP contribution in [0.25, 0.3) is 0 Å². The van der Waals surface area contributed by atoms with Crippen molar-refractivity contribution >= 4 is 23.5 Å². The summed E-state index contributed by atoms with van der Waals surface area (Å²) >= 11 is 0. The highest BCUT2D eigenvalue weighted by molar-refractivity contribution is 5.98. The van der Waals surface area contributed by atoms with E-state index in [0.29, 0.717) is 11.3 Å². The number of amides is 2. The van der Waals surface area contributed by atoms with Gasteiger partial charge in [-0.1, -0.05) is 39.0 Å². The SMILES string of the molecule is CC(NC(=O)C(C)(C)C)C(=O)Nc1ccccc1CC(=O)O. The van der Waals surface area contributed by atoms with E-state index in [-0.39, 0.29) is 12.3 Å². The Bertz CT molecular complexity index is 576. The van der Waals surface area contributed by atoms with E-state index in [1.54, 1.807) is 52.0 Å². The van der Waals surface area contributed by atoms with Gasteiger partial charge in [-0.2, -0.15) is 0 Å². The van der Waals surface area contributed by atoms with Crippen LogP contribution in [0.5, 0.6) is 0 Å². The molecule has 1 unspecified atom stereocenters. The van der Waals surface area contributed by atoms with Crippen LogP contribution in [-0.2, 0) is 20.8 Å². The Balaban J connectivity index is 2.76. The average molecular weight is 306 g/mol. The van der Waals surface area contributed by atoms with Gasteiger partial charge >= 0.3 is 5.97 Å². The van der Waals surface area contributed by atoms with Crippen molar-refractivity contribution in [1.82, 2.24) is 5.32 Å². The summed E-state index contributed by atoms with van der Waals surface area (Å²) in [5, 5.41) is 14.2. The fourth-order valence-corrected chi connectivity index (χ4v) is 1.68. The van der Waals surface area contributed by atoms with Crippen LogP contribution in [-0.4, -0.2) is 28.9 Å². The maximum Gasteiger partial charge on any atom is 0.307 e. The summed E-state index contributed by atoms with van der Waals surface area (Å²) in [5.41, 5.74) is 0.361. The van der Waals surface area contributed by atoms with E-state index in [1.165, 1.54) is 0 Å². The molecule has 0 saturated heterocycles. The third-order valence-electron chi connectivity index (χ3n) is 3.04. The number of para-hydroxylation sites is 1. The molecule has 1 atom stereocenters. The maximum absolute atomic E-state index is 12.1. The minimum atomic E-state index is -0.976. The van der Waals surface area contributed by atoms with E-state index < -0.39 is 23.3 Å². The van der Waals surface area contributed by atoms with Crippen LogP contribution in [0, 0.1) is 5.41 Å². The van der Waals surface area contributed by atoms with Gasteiger partial charge in [0.05, 0.1) is 6.42 Å². The zero-order chi connectivity index (χ0) is 16.9. The van der Waals surface area contributed by atoms with Crippen LogP contribution in [0.15, 0.2) is 24.3 Å². The lowest BCUT2D eigenvalue weighted by Gasteiger charge is -2.21. The van der Waals surface area contributed by atoms with Gasteiger partial charge < -0.3 is 15.7 Å². The van der Waals surface area contributed by atoms with Crippen molar-refractivity contribution in [3.8, 4) is 0 Å². The van der Waals surface area contributed by atoms with Gasteiger partial charge in [0.2, 0.25) is 11.8 Å². The lowest BCUT2D eigenvalue weighted by Crippen LogP contribution is -2.46. The standard InChI is InChI=1S/C16H22N2O4/c1-10(17-15(22)16(2,3)4)14(21)18-12-8-6-5-7-11(12)9-13(19)20/h5-8,10H,9H2,1-4H3,(H,17,22)(H,18,21)(H,19,20). The van der Waals surface area contributed by atoms with E-state index >= 15 is 0 Å². The zero-order valence-electron chi connectivity index (χ0n) is 13.3. The van der Waals surface area contributed by atoms with Crippen LogP contribution in [0.2, 0.25) is 0 Å². The molecule has 1 aromatic carbocycles. The van der Waals surface area contributed by atoms with Gasteiger partial charge in [0, 0.05) is 11.1 Å². The molecule has 22 heavy (non-hydrogen) atoms. The van der Waals surface area contributed by atoms with Gasteiger partial charge in [0.25, 0.3) is 0 Å². The lowest BCUT2D eigenvalue weighted by molar-refractivity contribution is -0.136. The number of nitrogens with one attached hydrogen (secondary N) is 2. The first kappa shape index (κ1) is 17.7. The van der Waals surface area contributed by atoms with Crippen molar-refractivity contribution in [2.45, 2.75) is 40.2 Å². The Morgan fingerprint density at radius 2 is 1.77 bits per heavy atom. The van der Waals surface area contributed by atoms with E-state index in [9.17, 15) is 14.4 Å². The van der Waals surface area contributed by atoms with E-state index in [4.69, 9.17) is 5.11 Å². The number of benzene rings is 1. The van der Waals surface area contributed by atoms with Crippen molar-refractivity contribution in [2.75, 3.05) is 5.32 Å². The molecule has 3 N–H and O–H groups in total. The summed E-state index contributed by atoms with van der Waals surface area (Å²) in [6.45, 7) is 6.86. The molecule has 0 spiro atoms. The van der Waals surface area contributed by atoms with Gasteiger partial charge in [0.15, 0.2) is 0 Å². The highest BCUT2D eigenvalue weighted by atomic mass is 16.4. The maximum atomic E-state index is 12.1. The molecule has 0 aromatic heterocycles. The van der Waals surface area contributed by atoms with Crippen molar-refractivity contribution in [2.24, 2.45) is 5.41 Å². The molecule has 0 aliphatic rings. The summed E-state index contributed by atoms with van der Waals surface area (Å²) in [6.07, 6.45) is -0.181. The summed E-state index contributed by atoms with van der Waals surface area (Å²) in [7, 11) is 0. The first-order valence-electron chi connectivity index (χ1n) is 7.03. The molecule has 1 aromatic rings. The van der Waals surface area contributed by atoms with Crippen LogP contribution < -0.4 is 10.6 Å². The number of hydrogen-bond acceptors (Lipinski definition) is 3. The summed E-state index contributed by atoms with van der Waals surface area (Å²) in [6, 6.07) is 5.97. The largest absolute Gasteiger partial charge is 0.481 e. The molecule has 0 heterocycles. The van der Waals surface area contributed by atoms with Gasteiger partial charge in [-0.3, -0.25) is 14.4 Å². The molecule has 0 fully saturated rings. The summed E-state index contributed by atoms with van der Waals surface area (Å²) in [5.74, 6) is -1.60. The minimum Gasteiger partial charge on any atom is -0.481 e. The van der Waals surface area contributed by atoms with Gasteiger partial charge in [-0.05, 0) is 18.6 Å². The molecule has 0 radical (unpaired) electrons. The second-order valence-corrected chi connectivity index (χ2v) is 6.16. The lowest BCUT2D eigenvalue weighted by atomic mass is 9.95. The summed E-state index contributed by atoms with van der Waals surface area (Å²) in [4.78, 5) is 34.8. The summed E-state index contributed by atoms with van der Waals surface area (Å²) < 4.78 is 0. The molecule has 0 saturated carbocycles. The monoisotopic (exact) mass is 306 g/mol. The molecule has 1 rings (SSSR count). The molecule has 0 aliphatic heterocycles. The fourth-order valence-electron chi connectivity index (χ4n) is 1.68. The number of carbonyl (C=O) groups is 3. The molecule has 2 amide bonds. The number of hydrogen-bond donors (Lipinski definition) is 3. The first-order valence-corrected chi connectivity index (χ1v) is 7.03. The fraction of sp³-hybridized carbons (Fsp3) is 0.438. The number of rotatable bonds is 5. The number of aliphatic carboxylic acids is 1. The second kappa shape index (κ2) is 7.06. The molecule has 6 nitrogen and oxygen atoms in total. The molecule has 0 bridgehead atoms. The van der Waals surface area contributed by atoms with Gasteiger partial charge in [-0.25, -0.2) is 0 Å². The molecule has 6 heteroatoms. The minimum absolute atomic E-state index is 0.181. The molecular formula is C16H22N2O4. The van der Waals surface area contributed by atoms with E-state index in [1.807, 2.05) is 0 Å². The molecular weight excluding hydrogens is 284 g/mol.